The lowest BCUT2D eigenvalue weighted by atomic mass is 10.1. The molecule has 0 spiro atoms. The quantitative estimate of drug-likeness (QED) is 0.336. The van der Waals surface area contributed by atoms with Gasteiger partial charge in [0, 0.05) is 5.75 Å². The number of ether oxygens (including phenoxy) is 1. The first kappa shape index (κ1) is 20.1. The molecule has 1 aromatic heterocycles. The van der Waals surface area contributed by atoms with Crippen molar-refractivity contribution in [3.05, 3.63) is 63.9 Å². The fourth-order valence-corrected chi connectivity index (χ4v) is 3.84. The Bertz CT molecular complexity index is 1060. The molecule has 0 aliphatic carbocycles. The van der Waals surface area contributed by atoms with Gasteiger partial charge in [-0.1, -0.05) is 43.0 Å². The summed E-state index contributed by atoms with van der Waals surface area (Å²) in [5.41, 5.74) is 3.52. The van der Waals surface area contributed by atoms with Crippen LogP contribution in [0.4, 0.5) is 0 Å². The summed E-state index contributed by atoms with van der Waals surface area (Å²) in [5, 5.41) is 1.16. The maximum absolute atomic E-state index is 13.3. The van der Waals surface area contributed by atoms with E-state index in [1.54, 1.807) is 10.6 Å². The number of fused-ring (bicyclic) bond motifs is 1. The highest BCUT2D eigenvalue weighted by molar-refractivity contribution is 7.99. The zero-order chi connectivity index (χ0) is 20.1. The van der Waals surface area contributed by atoms with Crippen molar-refractivity contribution in [3.63, 3.8) is 0 Å². The SMILES string of the molecule is CCCOC(=O)CCSc1nc2ccccc2c(=O)n1-c1cccc(C)c1C. The number of benzene rings is 2. The van der Waals surface area contributed by atoms with Crippen LogP contribution in [-0.2, 0) is 9.53 Å². The topological polar surface area (TPSA) is 61.2 Å². The Kier molecular flexibility index (Phi) is 6.52. The third kappa shape index (κ3) is 4.28. The van der Waals surface area contributed by atoms with Crippen LogP contribution in [0, 0.1) is 13.8 Å². The molecule has 0 saturated carbocycles. The van der Waals surface area contributed by atoms with Crippen molar-refractivity contribution in [1.82, 2.24) is 9.55 Å². The second-order valence-electron chi connectivity index (χ2n) is 6.59. The van der Waals surface area contributed by atoms with E-state index < -0.39 is 0 Å². The number of hydrogen-bond donors (Lipinski definition) is 0. The molecule has 5 nitrogen and oxygen atoms in total. The van der Waals surface area contributed by atoms with Gasteiger partial charge in [-0.2, -0.15) is 0 Å². The van der Waals surface area contributed by atoms with Crippen LogP contribution >= 0.6 is 11.8 Å². The predicted molar refractivity (Wildman–Crippen MR) is 113 cm³/mol. The van der Waals surface area contributed by atoms with Crippen LogP contribution in [0.15, 0.2) is 52.4 Å². The van der Waals surface area contributed by atoms with Crippen LogP contribution in [0.1, 0.15) is 30.9 Å². The molecule has 0 aliphatic heterocycles. The van der Waals surface area contributed by atoms with E-state index >= 15 is 0 Å². The van der Waals surface area contributed by atoms with E-state index in [-0.39, 0.29) is 17.9 Å². The molecular weight excluding hydrogens is 372 g/mol. The van der Waals surface area contributed by atoms with E-state index in [4.69, 9.17) is 9.72 Å². The first-order chi connectivity index (χ1) is 13.5. The van der Waals surface area contributed by atoms with Gasteiger partial charge < -0.3 is 4.74 Å². The Hall–Kier alpha value is -2.60. The summed E-state index contributed by atoms with van der Waals surface area (Å²) in [6, 6.07) is 13.2. The van der Waals surface area contributed by atoms with Crippen LogP contribution in [0.3, 0.4) is 0 Å². The van der Waals surface area contributed by atoms with E-state index in [2.05, 4.69) is 0 Å². The molecule has 0 N–H and O–H groups in total. The molecule has 28 heavy (non-hydrogen) atoms. The number of esters is 1. The molecule has 3 rings (SSSR count). The molecule has 6 heteroatoms. The van der Waals surface area contributed by atoms with Crippen molar-refractivity contribution < 1.29 is 9.53 Å². The molecule has 0 radical (unpaired) electrons. The Balaban J connectivity index is 2.02. The lowest BCUT2D eigenvalue weighted by Gasteiger charge is -2.16. The number of hydrogen-bond acceptors (Lipinski definition) is 5. The smallest absolute Gasteiger partial charge is 0.306 e. The maximum atomic E-state index is 13.3. The van der Waals surface area contributed by atoms with Gasteiger partial charge in [-0.3, -0.25) is 14.2 Å². The number of aromatic nitrogens is 2. The lowest BCUT2D eigenvalue weighted by molar-refractivity contribution is -0.143. The third-order valence-electron chi connectivity index (χ3n) is 4.57. The average Bonchev–Trinajstić information content (AvgIpc) is 2.69. The Morgan fingerprint density at radius 2 is 1.93 bits per heavy atom. The molecule has 1 heterocycles. The molecule has 146 valence electrons. The minimum atomic E-state index is -0.226. The molecule has 0 atom stereocenters. The standard InChI is InChI=1S/C22H24N2O3S/c1-4-13-27-20(25)12-14-28-22-23-18-10-6-5-9-17(18)21(26)24(22)19-11-7-8-15(2)16(19)3/h5-11H,4,12-14H2,1-3H3. The third-order valence-corrected chi connectivity index (χ3v) is 5.51. The molecule has 0 bridgehead atoms. The van der Waals surface area contributed by atoms with Gasteiger partial charge in [0.1, 0.15) is 0 Å². The largest absolute Gasteiger partial charge is 0.466 e. The van der Waals surface area contributed by atoms with Crippen molar-refractivity contribution in [2.45, 2.75) is 38.8 Å². The minimum Gasteiger partial charge on any atom is -0.466 e. The van der Waals surface area contributed by atoms with Crippen molar-refractivity contribution in [2.75, 3.05) is 12.4 Å². The maximum Gasteiger partial charge on any atom is 0.306 e. The van der Waals surface area contributed by atoms with E-state index in [0.717, 1.165) is 23.2 Å². The van der Waals surface area contributed by atoms with Crippen molar-refractivity contribution in [3.8, 4) is 5.69 Å². The molecule has 3 aromatic rings. The summed E-state index contributed by atoms with van der Waals surface area (Å²) in [4.78, 5) is 29.8. The van der Waals surface area contributed by atoms with Gasteiger partial charge in [0.25, 0.3) is 5.56 Å². The zero-order valence-electron chi connectivity index (χ0n) is 16.4. The Morgan fingerprint density at radius 3 is 2.71 bits per heavy atom. The predicted octanol–water partition coefficient (Wildman–Crippen LogP) is 4.44. The number of carbonyl (C=O) groups is 1. The highest BCUT2D eigenvalue weighted by Gasteiger charge is 2.16. The second kappa shape index (κ2) is 9.06. The molecule has 0 unspecified atom stereocenters. The molecule has 0 amide bonds. The van der Waals surface area contributed by atoms with Gasteiger partial charge in [-0.25, -0.2) is 4.98 Å². The normalized spacial score (nSPS) is 11.0. The number of para-hydroxylation sites is 1. The summed E-state index contributed by atoms with van der Waals surface area (Å²) in [7, 11) is 0. The zero-order valence-corrected chi connectivity index (χ0v) is 17.2. The summed E-state index contributed by atoms with van der Waals surface area (Å²) in [6.07, 6.45) is 1.08. The fraction of sp³-hybridized carbons (Fsp3) is 0.318. The van der Waals surface area contributed by atoms with Crippen LogP contribution < -0.4 is 5.56 Å². The number of rotatable bonds is 7. The van der Waals surface area contributed by atoms with Crippen molar-refractivity contribution in [1.29, 1.82) is 0 Å². The Morgan fingerprint density at radius 1 is 1.14 bits per heavy atom. The number of carbonyl (C=O) groups excluding carboxylic acids is 1. The fourth-order valence-electron chi connectivity index (χ4n) is 2.91. The molecule has 0 saturated heterocycles. The summed E-state index contributed by atoms with van der Waals surface area (Å²) in [6.45, 7) is 6.42. The summed E-state index contributed by atoms with van der Waals surface area (Å²) >= 11 is 1.40. The van der Waals surface area contributed by atoms with Gasteiger partial charge in [0.15, 0.2) is 5.16 Å². The van der Waals surface area contributed by atoms with E-state index in [1.807, 2.05) is 57.2 Å². The van der Waals surface area contributed by atoms with Crippen molar-refractivity contribution in [2.24, 2.45) is 0 Å². The van der Waals surface area contributed by atoms with Gasteiger partial charge in [-0.15, -0.1) is 0 Å². The van der Waals surface area contributed by atoms with Gasteiger partial charge in [0.05, 0.1) is 29.6 Å². The van der Waals surface area contributed by atoms with Crippen LogP contribution in [-0.4, -0.2) is 27.9 Å². The second-order valence-corrected chi connectivity index (χ2v) is 7.65. The first-order valence-corrected chi connectivity index (χ1v) is 10.4. The van der Waals surface area contributed by atoms with Crippen molar-refractivity contribution >= 4 is 28.6 Å². The van der Waals surface area contributed by atoms with E-state index in [9.17, 15) is 9.59 Å². The lowest BCUT2D eigenvalue weighted by Crippen LogP contribution is -2.23. The monoisotopic (exact) mass is 396 g/mol. The molecule has 2 aromatic carbocycles. The van der Waals surface area contributed by atoms with Gasteiger partial charge >= 0.3 is 5.97 Å². The molecule has 0 aliphatic rings. The van der Waals surface area contributed by atoms with Gasteiger partial charge in [-0.05, 0) is 49.6 Å². The molecule has 0 fully saturated rings. The average molecular weight is 397 g/mol. The van der Waals surface area contributed by atoms with E-state index in [1.165, 1.54) is 11.8 Å². The minimum absolute atomic E-state index is 0.102. The number of nitrogens with zero attached hydrogens (tertiary/aromatic N) is 2. The first-order valence-electron chi connectivity index (χ1n) is 9.39. The number of aryl methyl sites for hydroxylation is 1. The van der Waals surface area contributed by atoms with Crippen LogP contribution in [0.2, 0.25) is 0 Å². The summed E-state index contributed by atoms with van der Waals surface area (Å²) in [5.74, 6) is 0.272. The summed E-state index contributed by atoms with van der Waals surface area (Å²) < 4.78 is 6.79. The highest BCUT2D eigenvalue weighted by atomic mass is 32.2. The van der Waals surface area contributed by atoms with Crippen LogP contribution in [0.5, 0.6) is 0 Å². The molecular formula is C22H24N2O3S. The van der Waals surface area contributed by atoms with Crippen LogP contribution in [0.25, 0.3) is 16.6 Å². The van der Waals surface area contributed by atoms with E-state index in [0.29, 0.717) is 28.4 Å². The number of thioether (sulfide) groups is 1. The Labute approximate surface area is 168 Å². The highest BCUT2D eigenvalue weighted by Crippen LogP contribution is 2.25. The van der Waals surface area contributed by atoms with Gasteiger partial charge in [0.2, 0.25) is 0 Å².